The summed E-state index contributed by atoms with van der Waals surface area (Å²) in [6, 6.07) is 61.5. The monoisotopic (exact) mass is 678 g/mol. The molecule has 0 N–H and O–H groups in total. The van der Waals surface area contributed by atoms with Crippen LogP contribution in [0.1, 0.15) is 11.1 Å². The van der Waals surface area contributed by atoms with E-state index < -0.39 is 0 Å². The smallest absolute Gasteiger partial charge is 0.136 e. The van der Waals surface area contributed by atoms with Gasteiger partial charge in [0.05, 0.1) is 17.1 Å². The van der Waals surface area contributed by atoms with E-state index in [1.54, 1.807) is 0 Å². The molecule has 250 valence electrons. The van der Waals surface area contributed by atoms with Crippen molar-refractivity contribution in [2.24, 2.45) is 0 Å². The Kier molecular flexibility index (Phi) is 6.38. The van der Waals surface area contributed by atoms with E-state index in [1.165, 1.54) is 70.7 Å². The lowest BCUT2D eigenvalue weighted by Gasteiger charge is -2.31. The van der Waals surface area contributed by atoms with Crippen LogP contribution in [0.4, 0.5) is 34.1 Å². The van der Waals surface area contributed by atoms with Crippen molar-refractivity contribution in [3.63, 3.8) is 0 Å². The molecule has 0 unspecified atom stereocenters. The van der Waals surface area contributed by atoms with Gasteiger partial charge in [0.1, 0.15) is 11.2 Å². The molecule has 0 amide bonds. The standard InChI is InChI=1S/C50H34N2O/c1-31-29-43(51(34-14-6-3-7-15-34)35-16-8-4-9-17-35)40-25-23-38-32(2)30-44(41-26-24-37(31)48(40)49(38)41)52(36-18-10-5-11-19-36)42-27-28-46-50-39(42)22-21-33-13-12-20-45(53-46)47(33)50/h3-30H,1-2H3. The topological polar surface area (TPSA) is 19.6 Å². The maximum absolute atomic E-state index is 6.41. The third-order valence-corrected chi connectivity index (χ3v) is 11.2. The number of benzene rings is 10. The Balaban J connectivity index is 1.23. The van der Waals surface area contributed by atoms with Gasteiger partial charge in [-0.3, -0.25) is 0 Å². The van der Waals surface area contributed by atoms with Gasteiger partial charge in [-0.25, -0.2) is 0 Å². The second-order valence-electron chi connectivity index (χ2n) is 14.2. The van der Waals surface area contributed by atoms with Crippen molar-refractivity contribution in [3.8, 4) is 0 Å². The van der Waals surface area contributed by atoms with Gasteiger partial charge in [0.25, 0.3) is 0 Å². The predicted octanol–water partition coefficient (Wildman–Crippen LogP) is 14.6. The summed E-state index contributed by atoms with van der Waals surface area (Å²) in [5.41, 5.74) is 11.2. The maximum atomic E-state index is 6.41. The summed E-state index contributed by atoms with van der Waals surface area (Å²) >= 11 is 0. The molecule has 0 bridgehead atoms. The van der Waals surface area contributed by atoms with Crippen LogP contribution in [-0.4, -0.2) is 0 Å². The first-order valence-electron chi connectivity index (χ1n) is 18.3. The molecular weight excluding hydrogens is 645 g/mol. The van der Waals surface area contributed by atoms with Crippen LogP contribution in [0.5, 0.6) is 0 Å². The number of para-hydroxylation sites is 3. The van der Waals surface area contributed by atoms with Crippen molar-refractivity contribution in [1.82, 2.24) is 0 Å². The van der Waals surface area contributed by atoms with Crippen LogP contribution in [0.15, 0.2) is 174 Å². The number of hydrogen-bond donors (Lipinski definition) is 0. The Morgan fingerprint density at radius 2 is 0.811 bits per heavy atom. The van der Waals surface area contributed by atoms with Gasteiger partial charge >= 0.3 is 0 Å². The molecule has 10 aromatic carbocycles. The average Bonchev–Trinajstić information content (AvgIpc) is 3.60. The zero-order valence-electron chi connectivity index (χ0n) is 29.5. The molecule has 0 saturated carbocycles. The van der Waals surface area contributed by atoms with Crippen molar-refractivity contribution in [1.29, 1.82) is 0 Å². The number of furan rings is 1. The van der Waals surface area contributed by atoms with Gasteiger partial charge in [-0.05, 0) is 119 Å². The van der Waals surface area contributed by atoms with Gasteiger partial charge in [-0.15, -0.1) is 0 Å². The summed E-state index contributed by atoms with van der Waals surface area (Å²) in [6.07, 6.45) is 0. The predicted molar refractivity (Wildman–Crippen MR) is 225 cm³/mol. The number of aryl methyl sites for hydroxylation is 2. The average molecular weight is 679 g/mol. The highest BCUT2D eigenvalue weighted by molar-refractivity contribution is 6.30. The lowest BCUT2D eigenvalue weighted by atomic mass is 9.88. The van der Waals surface area contributed by atoms with Crippen LogP contribution >= 0.6 is 0 Å². The fourth-order valence-corrected chi connectivity index (χ4v) is 8.86. The number of anilines is 6. The number of rotatable bonds is 6. The molecule has 0 aliphatic heterocycles. The summed E-state index contributed by atoms with van der Waals surface area (Å²) in [5.74, 6) is 0. The van der Waals surface area contributed by atoms with E-state index in [0.717, 1.165) is 39.6 Å². The van der Waals surface area contributed by atoms with E-state index in [2.05, 4.69) is 194 Å². The van der Waals surface area contributed by atoms with Gasteiger partial charge in [-0.1, -0.05) is 103 Å². The normalized spacial score (nSPS) is 12.0. The van der Waals surface area contributed by atoms with Gasteiger partial charge in [0, 0.05) is 44.0 Å². The van der Waals surface area contributed by atoms with Crippen LogP contribution in [-0.2, 0) is 0 Å². The lowest BCUT2D eigenvalue weighted by Crippen LogP contribution is -2.12. The molecule has 0 saturated heterocycles. The van der Waals surface area contributed by atoms with E-state index in [-0.39, 0.29) is 0 Å². The summed E-state index contributed by atoms with van der Waals surface area (Å²) in [4.78, 5) is 4.86. The molecule has 0 spiro atoms. The molecule has 0 aliphatic carbocycles. The number of hydrogen-bond acceptors (Lipinski definition) is 3. The zero-order valence-corrected chi connectivity index (χ0v) is 29.5. The molecule has 0 aliphatic rings. The van der Waals surface area contributed by atoms with Crippen LogP contribution in [0.2, 0.25) is 0 Å². The van der Waals surface area contributed by atoms with Gasteiger partial charge < -0.3 is 14.2 Å². The second kappa shape index (κ2) is 11.3. The quantitative estimate of drug-likeness (QED) is 0.163. The van der Waals surface area contributed by atoms with Crippen molar-refractivity contribution >= 4 is 99.2 Å². The Morgan fingerprint density at radius 3 is 1.40 bits per heavy atom. The fourth-order valence-electron chi connectivity index (χ4n) is 8.86. The Hall–Kier alpha value is -6.84. The minimum Gasteiger partial charge on any atom is -0.456 e. The molecule has 11 aromatic rings. The summed E-state index contributed by atoms with van der Waals surface area (Å²) in [7, 11) is 0. The molecule has 3 heteroatoms. The highest BCUT2D eigenvalue weighted by Gasteiger charge is 2.25. The summed E-state index contributed by atoms with van der Waals surface area (Å²) in [5, 5.41) is 12.3. The van der Waals surface area contributed by atoms with Crippen molar-refractivity contribution in [3.05, 3.63) is 181 Å². The van der Waals surface area contributed by atoms with Crippen LogP contribution in [0.25, 0.3) is 65.0 Å². The number of nitrogens with zero attached hydrogens (tertiary/aromatic N) is 2. The SMILES string of the molecule is Cc1cc(N(c2ccccc2)c2ccccc2)c2ccc3c(C)cc(N(c4ccccc4)c4ccc5oc6cccc7ccc4c5c76)c4ccc1c2c34. The van der Waals surface area contributed by atoms with E-state index in [1.807, 2.05) is 0 Å². The second-order valence-corrected chi connectivity index (χ2v) is 14.2. The van der Waals surface area contributed by atoms with Gasteiger partial charge in [0.15, 0.2) is 0 Å². The van der Waals surface area contributed by atoms with Gasteiger partial charge in [-0.2, -0.15) is 0 Å². The summed E-state index contributed by atoms with van der Waals surface area (Å²) < 4.78 is 6.41. The molecule has 3 nitrogen and oxygen atoms in total. The molecule has 1 heterocycles. The third kappa shape index (κ3) is 4.34. The van der Waals surface area contributed by atoms with Crippen LogP contribution in [0, 0.1) is 13.8 Å². The van der Waals surface area contributed by atoms with E-state index in [4.69, 9.17) is 4.42 Å². The minimum absolute atomic E-state index is 0.916. The van der Waals surface area contributed by atoms with E-state index in [0.29, 0.717) is 0 Å². The van der Waals surface area contributed by atoms with Gasteiger partial charge in [0.2, 0.25) is 0 Å². The molecular formula is C50H34N2O. The Morgan fingerprint density at radius 1 is 0.340 bits per heavy atom. The van der Waals surface area contributed by atoms with Crippen LogP contribution in [0.3, 0.4) is 0 Å². The molecule has 53 heavy (non-hydrogen) atoms. The van der Waals surface area contributed by atoms with Crippen molar-refractivity contribution < 1.29 is 4.42 Å². The molecule has 11 rings (SSSR count). The first kappa shape index (κ1) is 29.8. The summed E-state index contributed by atoms with van der Waals surface area (Å²) in [6.45, 7) is 4.51. The maximum Gasteiger partial charge on any atom is 0.136 e. The first-order valence-corrected chi connectivity index (χ1v) is 18.3. The van der Waals surface area contributed by atoms with Crippen molar-refractivity contribution in [2.45, 2.75) is 13.8 Å². The molecule has 0 fully saturated rings. The molecule has 1 aromatic heterocycles. The highest BCUT2D eigenvalue weighted by atomic mass is 16.3. The third-order valence-electron chi connectivity index (χ3n) is 11.2. The minimum atomic E-state index is 0.916. The van der Waals surface area contributed by atoms with E-state index in [9.17, 15) is 0 Å². The Labute approximate surface area is 307 Å². The van der Waals surface area contributed by atoms with E-state index >= 15 is 0 Å². The lowest BCUT2D eigenvalue weighted by molar-refractivity contribution is 0.669. The first-order chi connectivity index (χ1) is 26.1. The zero-order chi connectivity index (χ0) is 35.2. The highest BCUT2D eigenvalue weighted by Crippen LogP contribution is 2.51. The molecule has 0 atom stereocenters. The molecule has 0 radical (unpaired) electrons. The largest absolute Gasteiger partial charge is 0.456 e. The fraction of sp³-hybridized carbons (Fsp3) is 0.0400. The van der Waals surface area contributed by atoms with Crippen LogP contribution < -0.4 is 9.80 Å². The Bertz CT molecular complexity index is 3090. The van der Waals surface area contributed by atoms with Crippen molar-refractivity contribution in [2.75, 3.05) is 9.80 Å².